The standard InChI is InChI=1S/C19H19NO2/c21-19(22-14-15-7-3-1-4-8-15)20-18-12-11-16-9-5-2-6-10-17(16)13-18/h1,3-5,7-9,11-13H,2,6,10,14H2,(H,20,21). The molecule has 22 heavy (non-hydrogen) atoms. The zero-order valence-corrected chi connectivity index (χ0v) is 12.4. The molecule has 0 saturated heterocycles. The highest BCUT2D eigenvalue weighted by atomic mass is 16.5. The Morgan fingerprint density at radius 2 is 2.00 bits per heavy atom. The lowest BCUT2D eigenvalue weighted by Gasteiger charge is -2.10. The average Bonchev–Trinajstić information content (AvgIpc) is 2.79. The van der Waals surface area contributed by atoms with Gasteiger partial charge in [0.05, 0.1) is 0 Å². The molecule has 0 aliphatic heterocycles. The zero-order chi connectivity index (χ0) is 15.2. The number of rotatable bonds is 3. The van der Waals surface area contributed by atoms with E-state index in [4.69, 9.17) is 4.74 Å². The molecule has 0 heterocycles. The van der Waals surface area contributed by atoms with E-state index >= 15 is 0 Å². The van der Waals surface area contributed by atoms with Gasteiger partial charge in [0.1, 0.15) is 6.61 Å². The van der Waals surface area contributed by atoms with E-state index < -0.39 is 6.09 Å². The van der Waals surface area contributed by atoms with Crippen LogP contribution in [0.25, 0.3) is 6.08 Å². The van der Waals surface area contributed by atoms with Crippen LogP contribution in [0, 0.1) is 0 Å². The monoisotopic (exact) mass is 293 g/mol. The van der Waals surface area contributed by atoms with Gasteiger partial charge in [-0.2, -0.15) is 0 Å². The number of ether oxygens (including phenoxy) is 1. The van der Waals surface area contributed by atoms with Gasteiger partial charge in [0, 0.05) is 5.69 Å². The number of anilines is 1. The minimum absolute atomic E-state index is 0.278. The Hall–Kier alpha value is -2.55. The third kappa shape index (κ3) is 3.76. The quantitative estimate of drug-likeness (QED) is 0.884. The number of fused-ring (bicyclic) bond motifs is 1. The summed E-state index contributed by atoms with van der Waals surface area (Å²) in [6.45, 7) is 0.278. The summed E-state index contributed by atoms with van der Waals surface area (Å²) in [6, 6.07) is 15.7. The molecule has 0 bridgehead atoms. The molecule has 2 aromatic carbocycles. The summed E-state index contributed by atoms with van der Waals surface area (Å²) < 4.78 is 5.24. The highest BCUT2D eigenvalue weighted by Crippen LogP contribution is 2.22. The number of aryl methyl sites for hydroxylation is 1. The maximum absolute atomic E-state index is 11.9. The number of hydrogen-bond acceptors (Lipinski definition) is 2. The topological polar surface area (TPSA) is 38.3 Å². The predicted molar refractivity (Wildman–Crippen MR) is 88.7 cm³/mol. The Kier molecular flexibility index (Phi) is 4.54. The first-order chi connectivity index (χ1) is 10.8. The van der Waals surface area contributed by atoms with Gasteiger partial charge in [0.2, 0.25) is 0 Å². The van der Waals surface area contributed by atoms with E-state index in [2.05, 4.69) is 17.5 Å². The van der Waals surface area contributed by atoms with E-state index in [1.54, 1.807) is 0 Å². The maximum atomic E-state index is 11.9. The normalized spacial score (nSPS) is 13.1. The molecule has 0 saturated carbocycles. The van der Waals surface area contributed by atoms with Crippen LogP contribution in [-0.4, -0.2) is 6.09 Å². The van der Waals surface area contributed by atoms with Gasteiger partial charge in [0.25, 0.3) is 0 Å². The molecule has 3 heteroatoms. The van der Waals surface area contributed by atoms with Gasteiger partial charge >= 0.3 is 6.09 Å². The van der Waals surface area contributed by atoms with Crippen molar-refractivity contribution < 1.29 is 9.53 Å². The van der Waals surface area contributed by atoms with Crippen LogP contribution in [0.4, 0.5) is 10.5 Å². The first-order valence-corrected chi connectivity index (χ1v) is 7.58. The summed E-state index contributed by atoms with van der Waals surface area (Å²) >= 11 is 0. The van der Waals surface area contributed by atoms with Crippen LogP contribution >= 0.6 is 0 Å². The van der Waals surface area contributed by atoms with Crippen molar-refractivity contribution in [2.24, 2.45) is 0 Å². The summed E-state index contributed by atoms with van der Waals surface area (Å²) in [5.74, 6) is 0. The number of carbonyl (C=O) groups is 1. The molecule has 0 radical (unpaired) electrons. The van der Waals surface area contributed by atoms with Crippen LogP contribution < -0.4 is 5.32 Å². The molecule has 2 aromatic rings. The lowest BCUT2D eigenvalue weighted by molar-refractivity contribution is 0.155. The lowest BCUT2D eigenvalue weighted by atomic mass is 10.0. The maximum Gasteiger partial charge on any atom is 0.411 e. The van der Waals surface area contributed by atoms with E-state index in [9.17, 15) is 4.79 Å². The molecule has 0 aromatic heterocycles. The van der Waals surface area contributed by atoms with Gasteiger partial charge in [-0.25, -0.2) is 4.79 Å². The Bertz CT molecular complexity index is 677. The number of allylic oxidation sites excluding steroid dienone is 1. The van der Waals surface area contributed by atoms with Crippen LogP contribution in [0.2, 0.25) is 0 Å². The van der Waals surface area contributed by atoms with Crippen molar-refractivity contribution in [2.75, 3.05) is 5.32 Å². The smallest absolute Gasteiger partial charge is 0.411 e. The number of carbonyl (C=O) groups excluding carboxylic acids is 1. The fourth-order valence-electron chi connectivity index (χ4n) is 2.56. The molecule has 0 fully saturated rings. The average molecular weight is 293 g/mol. The number of amides is 1. The minimum atomic E-state index is -0.423. The van der Waals surface area contributed by atoms with E-state index in [1.165, 1.54) is 11.1 Å². The second-order valence-corrected chi connectivity index (χ2v) is 5.39. The number of hydrogen-bond donors (Lipinski definition) is 1. The van der Waals surface area contributed by atoms with Crippen LogP contribution in [0.3, 0.4) is 0 Å². The summed E-state index contributed by atoms with van der Waals surface area (Å²) in [5.41, 5.74) is 4.27. The second kappa shape index (κ2) is 6.94. The lowest BCUT2D eigenvalue weighted by Crippen LogP contribution is -2.13. The summed E-state index contributed by atoms with van der Waals surface area (Å²) in [5, 5.41) is 2.80. The highest BCUT2D eigenvalue weighted by molar-refractivity contribution is 5.85. The first kappa shape index (κ1) is 14.4. The van der Waals surface area contributed by atoms with E-state index in [1.807, 2.05) is 48.5 Å². The molecule has 1 aliphatic carbocycles. The third-order valence-corrected chi connectivity index (χ3v) is 3.72. The number of benzene rings is 2. The molecule has 1 N–H and O–H groups in total. The first-order valence-electron chi connectivity index (χ1n) is 7.58. The van der Waals surface area contributed by atoms with Crippen molar-refractivity contribution in [1.82, 2.24) is 0 Å². The number of nitrogens with one attached hydrogen (secondary N) is 1. The van der Waals surface area contributed by atoms with Crippen molar-refractivity contribution in [2.45, 2.75) is 25.9 Å². The van der Waals surface area contributed by atoms with Gasteiger partial charge in [-0.15, -0.1) is 0 Å². The van der Waals surface area contributed by atoms with E-state index in [0.29, 0.717) is 0 Å². The molecule has 0 spiro atoms. The van der Waals surface area contributed by atoms with Gasteiger partial charge in [-0.3, -0.25) is 5.32 Å². The fraction of sp³-hybridized carbons (Fsp3) is 0.211. The molecule has 1 aliphatic rings. The minimum Gasteiger partial charge on any atom is -0.444 e. The third-order valence-electron chi connectivity index (χ3n) is 3.72. The largest absolute Gasteiger partial charge is 0.444 e. The van der Waals surface area contributed by atoms with Gasteiger partial charge in [-0.05, 0) is 48.1 Å². The Morgan fingerprint density at radius 1 is 1.14 bits per heavy atom. The Morgan fingerprint density at radius 3 is 2.86 bits per heavy atom. The van der Waals surface area contributed by atoms with Gasteiger partial charge < -0.3 is 4.74 Å². The van der Waals surface area contributed by atoms with Crippen LogP contribution in [0.1, 0.15) is 29.5 Å². The Balaban J connectivity index is 1.60. The van der Waals surface area contributed by atoms with Crippen LogP contribution in [-0.2, 0) is 17.8 Å². The zero-order valence-electron chi connectivity index (χ0n) is 12.4. The second-order valence-electron chi connectivity index (χ2n) is 5.39. The molecule has 3 nitrogen and oxygen atoms in total. The highest BCUT2D eigenvalue weighted by Gasteiger charge is 2.08. The van der Waals surface area contributed by atoms with Crippen molar-refractivity contribution >= 4 is 17.9 Å². The summed E-state index contributed by atoms with van der Waals surface area (Å²) in [6.07, 6.45) is 7.22. The summed E-state index contributed by atoms with van der Waals surface area (Å²) in [4.78, 5) is 11.9. The SMILES string of the molecule is O=C(Nc1ccc2c(c1)CCCC=C2)OCc1ccccc1. The van der Waals surface area contributed by atoms with Crippen molar-refractivity contribution in [3.8, 4) is 0 Å². The molecular weight excluding hydrogens is 274 g/mol. The predicted octanol–water partition coefficient (Wildman–Crippen LogP) is 4.78. The van der Waals surface area contributed by atoms with Gasteiger partial charge in [-0.1, -0.05) is 48.6 Å². The molecule has 1 amide bonds. The van der Waals surface area contributed by atoms with Crippen molar-refractivity contribution in [1.29, 1.82) is 0 Å². The fourth-order valence-corrected chi connectivity index (χ4v) is 2.56. The molecule has 0 atom stereocenters. The molecule has 112 valence electrons. The molecule has 0 unspecified atom stereocenters. The van der Waals surface area contributed by atoms with Crippen LogP contribution in [0.15, 0.2) is 54.6 Å². The Labute approximate surface area is 130 Å². The van der Waals surface area contributed by atoms with Crippen molar-refractivity contribution in [3.63, 3.8) is 0 Å². The van der Waals surface area contributed by atoms with E-state index in [0.717, 1.165) is 30.5 Å². The molecular formula is C19H19NO2. The van der Waals surface area contributed by atoms with Crippen molar-refractivity contribution in [3.05, 3.63) is 71.3 Å². The molecule has 3 rings (SSSR count). The van der Waals surface area contributed by atoms with E-state index in [-0.39, 0.29) is 6.61 Å². The van der Waals surface area contributed by atoms with Gasteiger partial charge in [0.15, 0.2) is 0 Å². The summed E-state index contributed by atoms with van der Waals surface area (Å²) in [7, 11) is 0. The van der Waals surface area contributed by atoms with Crippen LogP contribution in [0.5, 0.6) is 0 Å².